The van der Waals surface area contributed by atoms with Crippen LogP contribution in [0.2, 0.25) is 5.02 Å². The van der Waals surface area contributed by atoms with Crippen LogP contribution in [-0.4, -0.2) is 42.0 Å². The molecule has 0 aliphatic carbocycles. The summed E-state index contributed by atoms with van der Waals surface area (Å²) in [5.41, 5.74) is 3.72. The predicted molar refractivity (Wildman–Crippen MR) is 144 cm³/mol. The highest BCUT2D eigenvalue weighted by atomic mass is 35.5. The molecule has 2 aromatic carbocycles. The molecule has 38 heavy (non-hydrogen) atoms. The standard InChI is InChI=1S/C27H27ClN8O2/c1-17-5-4-8-22(27-29-15-23(33-27)20-6-2-3-7-21(20)31-26(38)13-17)32-25(37)12-9-18-14-19(28)10-11-24(18)36-16-30-34-35-36/h2-3,6-7,9-12,14-17,22H,4-5,8,13H2,1H3,(H,29,33)(H,31,38)(H,32,37)/b12-9+/t17-,22?/m0/s1. The highest BCUT2D eigenvalue weighted by Crippen LogP contribution is 2.30. The number of para-hydroxylation sites is 1. The molecule has 1 unspecified atom stereocenters. The number of hydrogen-bond donors (Lipinski definition) is 3. The molecule has 2 aromatic heterocycles. The quantitative estimate of drug-likeness (QED) is 0.327. The molecule has 194 valence electrons. The zero-order chi connectivity index (χ0) is 26.5. The number of carbonyl (C=O) groups is 2. The largest absolute Gasteiger partial charge is 0.343 e. The van der Waals surface area contributed by atoms with Crippen LogP contribution in [-0.2, 0) is 9.59 Å². The molecule has 11 heteroatoms. The Morgan fingerprint density at radius 1 is 1.21 bits per heavy atom. The summed E-state index contributed by atoms with van der Waals surface area (Å²) < 4.78 is 1.51. The van der Waals surface area contributed by atoms with Gasteiger partial charge in [0, 0.05) is 28.6 Å². The van der Waals surface area contributed by atoms with Gasteiger partial charge in [-0.25, -0.2) is 4.98 Å². The van der Waals surface area contributed by atoms with Crippen LogP contribution >= 0.6 is 11.6 Å². The van der Waals surface area contributed by atoms with Gasteiger partial charge in [-0.2, -0.15) is 4.68 Å². The zero-order valence-electron chi connectivity index (χ0n) is 20.8. The molecule has 5 rings (SSSR count). The second-order valence-corrected chi connectivity index (χ2v) is 9.80. The van der Waals surface area contributed by atoms with E-state index in [9.17, 15) is 9.59 Å². The van der Waals surface area contributed by atoms with E-state index in [-0.39, 0.29) is 23.8 Å². The van der Waals surface area contributed by atoms with Crippen LogP contribution in [0.4, 0.5) is 5.69 Å². The van der Waals surface area contributed by atoms with Gasteiger partial charge in [0.15, 0.2) is 0 Å². The maximum atomic E-state index is 13.0. The summed E-state index contributed by atoms with van der Waals surface area (Å²) in [6.45, 7) is 2.07. The molecule has 1 aliphatic rings. The molecule has 4 aromatic rings. The summed E-state index contributed by atoms with van der Waals surface area (Å²) in [7, 11) is 0. The van der Waals surface area contributed by atoms with Crippen LogP contribution in [0.1, 0.15) is 50.0 Å². The number of nitrogens with one attached hydrogen (secondary N) is 3. The van der Waals surface area contributed by atoms with E-state index in [0.29, 0.717) is 34.9 Å². The summed E-state index contributed by atoms with van der Waals surface area (Å²) in [4.78, 5) is 33.6. The number of H-pyrrole nitrogens is 1. The van der Waals surface area contributed by atoms with E-state index in [0.717, 1.165) is 29.8 Å². The summed E-state index contributed by atoms with van der Waals surface area (Å²) in [6, 6.07) is 12.5. The lowest BCUT2D eigenvalue weighted by Crippen LogP contribution is -2.28. The van der Waals surface area contributed by atoms with Crippen molar-refractivity contribution in [2.24, 2.45) is 5.92 Å². The van der Waals surface area contributed by atoms with Crippen molar-refractivity contribution < 1.29 is 9.59 Å². The number of aromatic nitrogens is 6. The molecule has 0 saturated carbocycles. The third kappa shape index (κ3) is 5.97. The first-order valence-electron chi connectivity index (χ1n) is 12.4. The number of imidazole rings is 1. The van der Waals surface area contributed by atoms with E-state index in [1.165, 1.54) is 17.1 Å². The fraction of sp³-hybridized carbons (Fsp3) is 0.259. The molecule has 0 fully saturated rings. The number of hydrogen-bond acceptors (Lipinski definition) is 6. The SMILES string of the molecule is C[C@H]1CCCC(NC(=O)/C=C/c2cc(Cl)ccc2-n2cnnn2)c2ncc([nH]2)-c2ccccc2NC(=O)C1. The Morgan fingerprint density at radius 2 is 2.08 bits per heavy atom. The smallest absolute Gasteiger partial charge is 0.244 e. The van der Waals surface area contributed by atoms with E-state index < -0.39 is 0 Å². The van der Waals surface area contributed by atoms with Crippen molar-refractivity contribution >= 4 is 35.2 Å². The van der Waals surface area contributed by atoms with Crippen molar-refractivity contribution in [1.29, 1.82) is 0 Å². The summed E-state index contributed by atoms with van der Waals surface area (Å²) in [6.07, 6.45) is 9.13. The Balaban J connectivity index is 1.39. The maximum absolute atomic E-state index is 13.0. The number of benzene rings is 2. The average Bonchev–Trinajstić information content (AvgIpc) is 3.60. The fourth-order valence-electron chi connectivity index (χ4n) is 4.57. The van der Waals surface area contributed by atoms with Gasteiger partial charge >= 0.3 is 0 Å². The Hall–Kier alpha value is -4.31. The second kappa shape index (κ2) is 11.4. The van der Waals surface area contributed by atoms with Gasteiger partial charge in [-0.05, 0) is 53.1 Å². The van der Waals surface area contributed by atoms with Gasteiger partial charge in [-0.15, -0.1) is 5.10 Å². The number of carbonyl (C=O) groups excluding carboxylic acids is 2. The van der Waals surface area contributed by atoms with Crippen LogP contribution in [0.3, 0.4) is 0 Å². The van der Waals surface area contributed by atoms with E-state index in [1.54, 1.807) is 30.5 Å². The normalized spacial score (nSPS) is 18.1. The van der Waals surface area contributed by atoms with Crippen LogP contribution in [0.15, 0.2) is 61.1 Å². The fourth-order valence-corrected chi connectivity index (χ4v) is 4.75. The molecule has 2 amide bonds. The number of amides is 2. The molecule has 2 bridgehead atoms. The number of rotatable bonds is 4. The van der Waals surface area contributed by atoms with Gasteiger partial charge in [0.05, 0.1) is 29.3 Å². The van der Waals surface area contributed by atoms with Crippen LogP contribution in [0.5, 0.6) is 0 Å². The lowest BCUT2D eigenvalue weighted by Gasteiger charge is -2.17. The van der Waals surface area contributed by atoms with Crippen molar-refractivity contribution in [3.05, 3.63) is 77.5 Å². The minimum absolute atomic E-state index is 0.0130. The molecule has 1 aliphatic heterocycles. The van der Waals surface area contributed by atoms with E-state index in [2.05, 4.69) is 43.1 Å². The number of aromatic amines is 1. The molecule has 3 heterocycles. The first-order valence-corrected chi connectivity index (χ1v) is 12.8. The highest BCUT2D eigenvalue weighted by molar-refractivity contribution is 6.30. The van der Waals surface area contributed by atoms with Crippen molar-refractivity contribution in [2.75, 3.05) is 5.32 Å². The van der Waals surface area contributed by atoms with Crippen LogP contribution in [0, 0.1) is 5.92 Å². The first kappa shape index (κ1) is 25.3. The van der Waals surface area contributed by atoms with E-state index in [1.807, 2.05) is 24.3 Å². The Labute approximate surface area is 224 Å². The maximum Gasteiger partial charge on any atom is 0.244 e. The number of nitrogens with zero attached hydrogens (tertiary/aromatic N) is 5. The van der Waals surface area contributed by atoms with Gasteiger partial charge in [0.1, 0.15) is 12.2 Å². The number of halogens is 1. The molecule has 0 radical (unpaired) electrons. The van der Waals surface area contributed by atoms with Gasteiger partial charge in [0.2, 0.25) is 11.8 Å². The lowest BCUT2D eigenvalue weighted by molar-refractivity contribution is -0.117. The molecule has 3 N–H and O–H groups in total. The molecule has 0 saturated heterocycles. The Morgan fingerprint density at radius 3 is 2.92 bits per heavy atom. The van der Waals surface area contributed by atoms with Gasteiger partial charge in [-0.1, -0.05) is 49.6 Å². The average molecular weight is 531 g/mol. The number of tetrazole rings is 1. The molecular weight excluding hydrogens is 504 g/mol. The Bertz CT molecular complexity index is 1460. The third-order valence-corrected chi connectivity index (χ3v) is 6.69. The summed E-state index contributed by atoms with van der Waals surface area (Å²) in [5, 5.41) is 17.9. The van der Waals surface area contributed by atoms with Gasteiger partial charge < -0.3 is 15.6 Å². The van der Waals surface area contributed by atoms with E-state index >= 15 is 0 Å². The second-order valence-electron chi connectivity index (χ2n) is 9.37. The molecular formula is C27H27ClN8O2. The minimum Gasteiger partial charge on any atom is -0.343 e. The molecule has 0 spiro atoms. The van der Waals surface area contributed by atoms with Crippen molar-refractivity contribution in [3.8, 4) is 16.9 Å². The lowest BCUT2D eigenvalue weighted by atomic mass is 9.98. The number of anilines is 1. The summed E-state index contributed by atoms with van der Waals surface area (Å²) in [5.74, 6) is 0.580. The zero-order valence-corrected chi connectivity index (χ0v) is 21.5. The van der Waals surface area contributed by atoms with Crippen LogP contribution in [0.25, 0.3) is 23.0 Å². The minimum atomic E-state index is -0.331. The molecule has 2 atom stereocenters. The topological polar surface area (TPSA) is 130 Å². The first-order chi connectivity index (χ1) is 18.5. The molecule has 10 nitrogen and oxygen atoms in total. The number of fused-ring (bicyclic) bond motifs is 4. The highest BCUT2D eigenvalue weighted by Gasteiger charge is 2.21. The monoisotopic (exact) mass is 530 g/mol. The van der Waals surface area contributed by atoms with Crippen molar-refractivity contribution in [2.45, 2.75) is 38.6 Å². The van der Waals surface area contributed by atoms with Gasteiger partial charge in [0.25, 0.3) is 0 Å². The summed E-state index contributed by atoms with van der Waals surface area (Å²) >= 11 is 6.20. The van der Waals surface area contributed by atoms with Crippen molar-refractivity contribution in [1.82, 2.24) is 35.5 Å². The Kier molecular flexibility index (Phi) is 7.60. The van der Waals surface area contributed by atoms with Gasteiger partial charge in [-0.3, -0.25) is 9.59 Å². The van der Waals surface area contributed by atoms with Crippen molar-refractivity contribution in [3.63, 3.8) is 0 Å². The van der Waals surface area contributed by atoms with Crippen LogP contribution < -0.4 is 10.6 Å². The van der Waals surface area contributed by atoms with E-state index in [4.69, 9.17) is 11.6 Å². The third-order valence-electron chi connectivity index (χ3n) is 6.46. The predicted octanol–water partition coefficient (Wildman–Crippen LogP) is 4.73.